The average molecular weight is 347 g/mol. The van der Waals surface area contributed by atoms with Crippen LogP contribution >= 0.6 is 0 Å². The molecular formula is C16H25N7O2. The zero-order valence-corrected chi connectivity index (χ0v) is 14.7. The van der Waals surface area contributed by atoms with Gasteiger partial charge in [0.15, 0.2) is 11.6 Å². The van der Waals surface area contributed by atoms with E-state index in [1.54, 1.807) is 0 Å². The van der Waals surface area contributed by atoms with Gasteiger partial charge in [0.2, 0.25) is 5.89 Å². The first-order valence-electron chi connectivity index (χ1n) is 9.13. The van der Waals surface area contributed by atoms with Gasteiger partial charge in [0.05, 0.1) is 12.5 Å². The van der Waals surface area contributed by atoms with Crippen LogP contribution in [0.15, 0.2) is 4.52 Å². The Morgan fingerprint density at radius 2 is 2.08 bits per heavy atom. The summed E-state index contributed by atoms with van der Waals surface area (Å²) in [6.07, 6.45) is 4.38. The minimum absolute atomic E-state index is 0.301. The number of nitrogens with zero attached hydrogens (tertiary/aromatic N) is 7. The van der Waals surface area contributed by atoms with Crippen molar-refractivity contribution in [2.45, 2.75) is 51.6 Å². The van der Waals surface area contributed by atoms with Gasteiger partial charge in [-0.2, -0.15) is 4.98 Å². The van der Waals surface area contributed by atoms with Crippen LogP contribution in [0.5, 0.6) is 0 Å². The molecule has 2 fully saturated rings. The van der Waals surface area contributed by atoms with Gasteiger partial charge in [-0.3, -0.25) is 4.90 Å². The van der Waals surface area contributed by atoms with Crippen molar-refractivity contribution in [1.29, 1.82) is 0 Å². The highest BCUT2D eigenvalue weighted by Crippen LogP contribution is 2.26. The van der Waals surface area contributed by atoms with E-state index in [-0.39, 0.29) is 0 Å². The molecule has 9 heteroatoms. The van der Waals surface area contributed by atoms with E-state index in [4.69, 9.17) is 9.26 Å². The molecule has 9 nitrogen and oxygen atoms in total. The zero-order valence-electron chi connectivity index (χ0n) is 14.7. The maximum Gasteiger partial charge on any atom is 0.231 e. The van der Waals surface area contributed by atoms with Crippen molar-refractivity contribution in [3.05, 3.63) is 17.5 Å². The molecule has 4 heterocycles. The Morgan fingerprint density at radius 1 is 1.20 bits per heavy atom. The van der Waals surface area contributed by atoms with Crippen molar-refractivity contribution in [2.24, 2.45) is 5.92 Å². The van der Waals surface area contributed by atoms with E-state index in [1.165, 1.54) is 0 Å². The third-order valence-corrected chi connectivity index (χ3v) is 5.14. The summed E-state index contributed by atoms with van der Waals surface area (Å²) in [5, 5.41) is 16.3. The van der Waals surface area contributed by atoms with Crippen LogP contribution in [0, 0.1) is 12.8 Å². The molecule has 2 aromatic heterocycles. The summed E-state index contributed by atoms with van der Waals surface area (Å²) < 4.78 is 12.8. The molecule has 0 saturated carbocycles. The van der Waals surface area contributed by atoms with Gasteiger partial charge in [0.25, 0.3) is 0 Å². The third-order valence-electron chi connectivity index (χ3n) is 5.14. The lowest BCUT2D eigenvalue weighted by molar-refractivity contribution is 0.0592. The van der Waals surface area contributed by atoms with Gasteiger partial charge in [-0.1, -0.05) is 5.16 Å². The van der Waals surface area contributed by atoms with Gasteiger partial charge in [-0.05, 0) is 55.5 Å². The van der Waals surface area contributed by atoms with Crippen LogP contribution in [-0.2, 0) is 17.8 Å². The normalized spacial score (nSPS) is 23.2. The standard InChI is InChI=1S/C16H25N7O2/c1-12-17-16(25-19-12)14-3-2-6-22(10-14)11-15-18-20-21-23(15)9-13-4-7-24-8-5-13/h13-14H,2-11H2,1H3. The molecule has 2 aliphatic rings. The molecule has 0 amide bonds. The lowest BCUT2D eigenvalue weighted by atomic mass is 9.98. The van der Waals surface area contributed by atoms with Crippen LogP contribution in [-0.4, -0.2) is 61.6 Å². The number of hydrogen-bond donors (Lipinski definition) is 0. The molecule has 4 rings (SSSR count). The van der Waals surface area contributed by atoms with Crippen LogP contribution in [0.1, 0.15) is 49.1 Å². The van der Waals surface area contributed by atoms with Crippen molar-refractivity contribution in [2.75, 3.05) is 26.3 Å². The molecule has 0 spiro atoms. The van der Waals surface area contributed by atoms with Crippen LogP contribution in [0.4, 0.5) is 0 Å². The van der Waals surface area contributed by atoms with Gasteiger partial charge in [-0.15, -0.1) is 5.10 Å². The Bertz CT molecular complexity index is 680. The Hall–Kier alpha value is -1.87. The highest BCUT2D eigenvalue weighted by atomic mass is 16.5. The molecule has 25 heavy (non-hydrogen) atoms. The maximum atomic E-state index is 5.44. The predicted octanol–water partition coefficient (Wildman–Crippen LogP) is 1.17. The van der Waals surface area contributed by atoms with Crippen molar-refractivity contribution in [1.82, 2.24) is 35.2 Å². The third kappa shape index (κ3) is 4.04. The molecule has 0 N–H and O–H groups in total. The first-order chi connectivity index (χ1) is 12.3. The van der Waals surface area contributed by atoms with Crippen molar-refractivity contribution >= 4 is 0 Å². The highest BCUT2D eigenvalue weighted by molar-refractivity contribution is 4.97. The van der Waals surface area contributed by atoms with E-state index in [9.17, 15) is 0 Å². The number of aromatic nitrogens is 6. The summed E-state index contributed by atoms with van der Waals surface area (Å²) in [7, 11) is 0. The van der Waals surface area contributed by atoms with E-state index in [0.717, 1.165) is 76.8 Å². The minimum Gasteiger partial charge on any atom is -0.381 e. The molecule has 0 aliphatic carbocycles. The van der Waals surface area contributed by atoms with Gasteiger partial charge < -0.3 is 9.26 Å². The maximum absolute atomic E-state index is 5.44. The molecule has 0 aromatic carbocycles. The van der Waals surface area contributed by atoms with E-state index in [0.29, 0.717) is 17.7 Å². The van der Waals surface area contributed by atoms with Gasteiger partial charge >= 0.3 is 0 Å². The lowest BCUT2D eigenvalue weighted by Crippen LogP contribution is -2.35. The average Bonchev–Trinajstić information content (AvgIpc) is 3.26. The van der Waals surface area contributed by atoms with Gasteiger partial charge in [0, 0.05) is 26.3 Å². The van der Waals surface area contributed by atoms with Crippen LogP contribution in [0.3, 0.4) is 0 Å². The predicted molar refractivity (Wildman–Crippen MR) is 87.6 cm³/mol. The fourth-order valence-corrected chi connectivity index (χ4v) is 3.73. The van der Waals surface area contributed by atoms with Crippen LogP contribution < -0.4 is 0 Å². The first-order valence-corrected chi connectivity index (χ1v) is 9.13. The highest BCUT2D eigenvalue weighted by Gasteiger charge is 2.27. The number of rotatable bonds is 5. The molecule has 0 bridgehead atoms. The van der Waals surface area contributed by atoms with Crippen LogP contribution in [0.25, 0.3) is 0 Å². The fourth-order valence-electron chi connectivity index (χ4n) is 3.73. The van der Waals surface area contributed by atoms with E-state index >= 15 is 0 Å². The second-order valence-electron chi connectivity index (χ2n) is 7.09. The number of aryl methyl sites for hydroxylation is 1. The van der Waals surface area contributed by atoms with E-state index in [2.05, 4.69) is 30.6 Å². The largest absolute Gasteiger partial charge is 0.381 e. The van der Waals surface area contributed by atoms with Gasteiger partial charge in [0.1, 0.15) is 0 Å². The molecule has 1 atom stereocenters. The number of piperidine rings is 1. The number of ether oxygens (including phenoxy) is 1. The minimum atomic E-state index is 0.301. The number of hydrogen-bond acceptors (Lipinski definition) is 8. The topological polar surface area (TPSA) is 95.0 Å². The zero-order chi connectivity index (χ0) is 17.1. The number of tetrazole rings is 1. The second kappa shape index (κ2) is 7.57. The molecule has 136 valence electrons. The molecule has 2 aromatic rings. The summed E-state index contributed by atoms with van der Waals surface area (Å²) in [6.45, 7) is 7.16. The van der Waals surface area contributed by atoms with Crippen molar-refractivity contribution in [3.63, 3.8) is 0 Å². The summed E-state index contributed by atoms with van der Waals surface area (Å²) >= 11 is 0. The Morgan fingerprint density at radius 3 is 2.88 bits per heavy atom. The Kier molecular flexibility index (Phi) is 5.02. The Labute approximate surface area is 146 Å². The fraction of sp³-hybridized carbons (Fsp3) is 0.812. The summed E-state index contributed by atoms with van der Waals surface area (Å²) in [4.78, 5) is 6.79. The quantitative estimate of drug-likeness (QED) is 0.795. The number of likely N-dealkylation sites (tertiary alicyclic amines) is 1. The smallest absolute Gasteiger partial charge is 0.231 e. The molecule has 2 saturated heterocycles. The van der Waals surface area contributed by atoms with Crippen molar-refractivity contribution < 1.29 is 9.26 Å². The lowest BCUT2D eigenvalue weighted by Gasteiger charge is -2.30. The molecule has 0 radical (unpaired) electrons. The van der Waals surface area contributed by atoms with Crippen LogP contribution in [0.2, 0.25) is 0 Å². The Balaban J connectivity index is 1.37. The summed E-state index contributed by atoms with van der Waals surface area (Å²) in [5.41, 5.74) is 0. The SMILES string of the molecule is Cc1noc(C2CCCN(Cc3nnnn3CC3CCOCC3)C2)n1. The summed E-state index contributed by atoms with van der Waals surface area (Å²) in [6, 6.07) is 0. The van der Waals surface area contributed by atoms with Crippen molar-refractivity contribution in [3.8, 4) is 0 Å². The van der Waals surface area contributed by atoms with E-state index < -0.39 is 0 Å². The summed E-state index contributed by atoms with van der Waals surface area (Å²) in [5.74, 6) is 3.30. The monoisotopic (exact) mass is 347 g/mol. The van der Waals surface area contributed by atoms with Gasteiger partial charge in [-0.25, -0.2) is 4.68 Å². The molecular weight excluding hydrogens is 322 g/mol. The molecule has 1 unspecified atom stereocenters. The molecule has 2 aliphatic heterocycles. The van der Waals surface area contributed by atoms with E-state index in [1.807, 2.05) is 11.6 Å². The first kappa shape index (κ1) is 16.6. The second-order valence-corrected chi connectivity index (χ2v) is 7.09.